The van der Waals surface area contributed by atoms with Gasteiger partial charge in [0.15, 0.2) is 10.9 Å². The van der Waals surface area contributed by atoms with E-state index in [1.165, 1.54) is 0 Å². The predicted octanol–water partition coefficient (Wildman–Crippen LogP) is 0.316. The SMILES string of the molecule is O=C(NC1CC2CNC1C2)c1ncc(O)c(Cl)n1. The van der Waals surface area contributed by atoms with Crippen molar-refractivity contribution in [2.45, 2.75) is 24.9 Å². The maximum Gasteiger partial charge on any atom is 0.289 e. The molecule has 1 aliphatic heterocycles. The quantitative estimate of drug-likeness (QED) is 0.672. The number of carbonyl (C=O) groups is 1. The van der Waals surface area contributed by atoms with Gasteiger partial charge in [-0.3, -0.25) is 4.79 Å². The molecule has 3 unspecified atom stereocenters. The molecule has 3 atom stereocenters. The number of hydrogen-bond acceptors (Lipinski definition) is 5. The lowest BCUT2D eigenvalue weighted by Gasteiger charge is -2.23. The van der Waals surface area contributed by atoms with Gasteiger partial charge in [0, 0.05) is 12.1 Å². The Morgan fingerprint density at radius 3 is 3.00 bits per heavy atom. The standard InChI is InChI=1S/C11H13ClN4O2/c12-9-8(17)4-14-10(16-9)11(18)15-7-2-5-1-6(7)13-3-5/h4-7,13,17H,1-3H2,(H,15,18). The van der Waals surface area contributed by atoms with Crippen molar-refractivity contribution in [2.24, 2.45) is 5.92 Å². The number of piperidine rings is 1. The van der Waals surface area contributed by atoms with Crippen LogP contribution in [0.4, 0.5) is 0 Å². The van der Waals surface area contributed by atoms with Gasteiger partial charge in [0.2, 0.25) is 5.82 Å². The Kier molecular flexibility index (Phi) is 2.83. The van der Waals surface area contributed by atoms with Gasteiger partial charge in [0.1, 0.15) is 0 Å². The monoisotopic (exact) mass is 268 g/mol. The van der Waals surface area contributed by atoms with E-state index in [1.54, 1.807) is 0 Å². The van der Waals surface area contributed by atoms with Crippen molar-refractivity contribution in [1.82, 2.24) is 20.6 Å². The van der Waals surface area contributed by atoms with E-state index in [1.807, 2.05) is 0 Å². The van der Waals surface area contributed by atoms with Gasteiger partial charge in [-0.05, 0) is 25.3 Å². The zero-order valence-electron chi connectivity index (χ0n) is 9.56. The topological polar surface area (TPSA) is 87.1 Å². The second-order valence-corrected chi connectivity index (χ2v) is 5.16. The third-order valence-electron chi connectivity index (χ3n) is 3.57. The van der Waals surface area contributed by atoms with Crippen molar-refractivity contribution in [3.63, 3.8) is 0 Å². The molecule has 1 aromatic rings. The van der Waals surface area contributed by atoms with E-state index in [0.29, 0.717) is 12.0 Å². The van der Waals surface area contributed by atoms with Gasteiger partial charge in [-0.2, -0.15) is 0 Å². The van der Waals surface area contributed by atoms with Crippen LogP contribution in [0.15, 0.2) is 6.20 Å². The molecule has 0 radical (unpaired) electrons. The number of fused-ring (bicyclic) bond motifs is 2. The molecule has 3 N–H and O–H groups in total. The van der Waals surface area contributed by atoms with Gasteiger partial charge in [0.25, 0.3) is 5.91 Å². The number of nitrogens with zero attached hydrogens (tertiary/aromatic N) is 2. The Hall–Kier alpha value is -1.40. The first-order valence-corrected chi connectivity index (χ1v) is 6.27. The molecule has 18 heavy (non-hydrogen) atoms. The largest absolute Gasteiger partial charge is 0.504 e. The maximum absolute atomic E-state index is 11.9. The Balaban J connectivity index is 1.69. The van der Waals surface area contributed by atoms with E-state index in [4.69, 9.17) is 11.6 Å². The van der Waals surface area contributed by atoms with Crippen molar-refractivity contribution < 1.29 is 9.90 Å². The summed E-state index contributed by atoms with van der Waals surface area (Å²) in [5.74, 6) is 0.0660. The number of amides is 1. The van der Waals surface area contributed by atoms with Crippen LogP contribution < -0.4 is 10.6 Å². The summed E-state index contributed by atoms with van der Waals surface area (Å²) in [5.41, 5.74) is 0. The Labute approximate surface area is 109 Å². The molecule has 6 nitrogen and oxygen atoms in total. The van der Waals surface area contributed by atoms with Crippen LogP contribution >= 0.6 is 11.6 Å². The number of carbonyl (C=O) groups excluding carboxylic acids is 1. The fourth-order valence-corrected chi connectivity index (χ4v) is 2.84. The van der Waals surface area contributed by atoms with E-state index >= 15 is 0 Å². The average Bonchev–Trinajstić information content (AvgIpc) is 2.94. The van der Waals surface area contributed by atoms with Crippen molar-refractivity contribution in [3.05, 3.63) is 17.2 Å². The van der Waals surface area contributed by atoms with Gasteiger partial charge in [0.05, 0.1) is 6.20 Å². The highest BCUT2D eigenvalue weighted by Gasteiger charge is 2.40. The van der Waals surface area contributed by atoms with E-state index in [9.17, 15) is 9.90 Å². The number of nitrogens with one attached hydrogen (secondary N) is 2. The number of aromatic nitrogens is 2. The van der Waals surface area contributed by atoms with Gasteiger partial charge < -0.3 is 15.7 Å². The molecule has 1 aliphatic carbocycles. The Morgan fingerprint density at radius 1 is 1.56 bits per heavy atom. The minimum absolute atomic E-state index is 0.0134. The Morgan fingerprint density at radius 2 is 2.39 bits per heavy atom. The normalized spacial score (nSPS) is 29.5. The van der Waals surface area contributed by atoms with E-state index in [-0.39, 0.29) is 28.7 Å². The molecule has 0 aromatic carbocycles. The molecule has 96 valence electrons. The van der Waals surface area contributed by atoms with Crippen molar-refractivity contribution in [1.29, 1.82) is 0 Å². The molecule has 7 heteroatoms. The van der Waals surface area contributed by atoms with Crippen molar-refractivity contribution in [3.8, 4) is 5.75 Å². The lowest BCUT2D eigenvalue weighted by Crippen LogP contribution is -2.48. The fraction of sp³-hybridized carbons (Fsp3) is 0.545. The summed E-state index contributed by atoms with van der Waals surface area (Å²) in [6.45, 7) is 1.04. The van der Waals surface area contributed by atoms with Crippen molar-refractivity contribution >= 4 is 17.5 Å². The number of halogens is 1. The summed E-state index contributed by atoms with van der Waals surface area (Å²) in [6, 6.07) is 0.485. The molecule has 1 aromatic heterocycles. The van der Waals surface area contributed by atoms with Gasteiger partial charge >= 0.3 is 0 Å². The molecule has 2 bridgehead atoms. The van der Waals surface area contributed by atoms with Crippen molar-refractivity contribution in [2.75, 3.05) is 6.54 Å². The highest BCUT2D eigenvalue weighted by atomic mass is 35.5. The molecule has 0 spiro atoms. The third-order valence-corrected chi connectivity index (χ3v) is 3.85. The smallest absolute Gasteiger partial charge is 0.289 e. The van der Waals surface area contributed by atoms with Crippen LogP contribution in [0.5, 0.6) is 5.75 Å². The summed E-state index contributed by atoms with van der Waals surface area (Å²) in [6.07, 6.45) is 3.24. The minimum atomic E-state index is -0.351. The molecule has 2 aliphatic rings. The van der Waals surface area contributed by atoms with E-state index < -0.39 is 0 Å². The number of aromatic hydroxyl groups is 1. The lowest BCUT2D eigenvalue weighted by molar-refractivity contribution is 0.0917. The fourth-order valence-electron chi connectivity index (χ4n) is 2.71. The average molecular weight is 269 g/mol. The van der Waals surface area contributed by atoms with Crippen LogP contribution in [0.25, 0.3) is 0 Å². The number of rotatable bonds is 2. The second kappa shape index (κ2) is 4.37. The minimum Gasteiger partial charge on any atom is -0.504 e. The third kappa shape index (κ3) is 2.02. The molecule has 1 saturated carbocycles. The maximum atomic E-state index is 11.9. The highest BCUT2D eigenvalue weighted by Crippen LogP contribution is 2.31. The summed E-state index contributed by atoms with van der Waals surface area (Å²) in [4.78, 5) is 19.5. The van der Waals surface area contributed by atoms with Crippen LogP contribution in [-0.4, -0.2) is 39.6 Å². The first-order chi connectivity index (χ1) is 8.63. The summed E-state index contributed by atoms with van der Waals surface area (Å²) >= 11 is 5.64. The van der Waals surface area contributed by atoms with Crippen LogP contribution in [0.1, 0.15) is 23.5 Å². The molecular formula is C11H13ClN4O2. The zero-order valence-corrected chi connectivity index (χ0v) is 10.3. The first-order valence-electron chi connectivity index (χ1n) is 5.89. The molecular weight excluding hydrogens is 256 g/mol. The molecule has 1 amide bonds. The molecule has 2 heterocycles. The molecule has 1 saturated heterocycles. The highest BCUT2D eigenvalue weighted by molar-refractivity contribution is 6.30. The number of hydrogen-bond donors (Lipinski definition) is 3. The summed E-state index contributed by atoms with van der Waals surface area (Å²) < 4.78 is 0. The predicted molar refractivity (Wildman–Crippen MR) is 64.5 cm³/mol. The second-order valence-electron chi connectivity index (χ2n) is 4.80. The zero-order chi connectivity index (χ0) is 12.7. The summed E-state index contributed by atoms with van der Waals surface area (Å²) in [5, 5.41) is 15.4. The van der Waals surface area contributed by atoms with Crippen LogP contribution in [0.3, 0.4) is 0 Å². The lowest BCUT2D eigenvalue weighted by atomic mass is 10.1. The van der Waals surface area contributed by atoms with Crippen LogP contribution in [0.2, 0.25) is 5.15 Å². The van der Waals surface area contributed by atoms with Crippen LogP contribution in [0, 0.1) is 5.92 Å². The molecule has 2 fully saturated rings. The molecule has 3 rings (SSSR count). The van der Waals surface area contributed by atoms with Gasteiger partial charge in [-0.15, -0.1) is 0 Å². The van der Waals surface area contributed by atoms with E-state index in [2.05, 4.69) is 20.6 Å². The first kappa shape index (κ1) is 11.7. The summed E-state index contributed by atoms with van der Waals surface area (Å²) in [7, 11) is 0. The van der Waals surface area contributed by atoms with Crippen LogP contribution in [-0.2, 0) is 0 Å². The van der Waals surface area contributed by atoms with Gasteiger partial charge in [-0.1, -0.05) is 11.6 Å². The Bertz CT molecular complexity index is 496. The van der Waals surface area contributed by atoms with E-state index in [0.717, 1.165) is 25.6 Å². The van der Waals surface area contributed by atoms with Gasteiger partial charge in [-0.25, -0.2) is 9.97 Å².